The van der Waals surface area contributed by atoms with Gasteiger partial charge in [-0.05, 0) is 119 Å². The first-order valence-corrected chi connectivity index (χ1v) is 17.3. The number of rotatable bonds is 3. The molecular formula is C42H37F3N2O6. The zero-order valence-electron chi connectivity index (χ0n) is 30.2. The first kappa shape index (κ1) is 34.6. The minimum atomic E-state index is -4.93. The van der Waals surface area contributed by atoms with E-state index in [1.54, 1.807) is 12.1 Å². The summed E-state index contributed by atoms with van der Waals surface area (Å²) in [6.45, 7) is 11.2. The molecule has 0 fully saturated rings. The summed E-state index contributed by atoms with van der Waals surface area (Å²) in [6.07, 6.45) is -3.59. The molecule has 0 saturated heterocycles. The van der Waals surface area contributed by atoms with Crippen LogP contribution in [0.1, 0.15) is 128 Å². The Balaban J connectivity index is 1.22. The molecule has 8 rings (SSSR count). The second-order valence-electron chi connectivity index (χ2n) is 16.5. The van der Waals surface area contributed by atoms with Crippen molar-refractivity contribution >= 4 is 29.3 Å². The van der Waals surface area contributed by atoms with Crippen LogP contribution in [0.2, 0.25) is 0 Å². The van der Waals surface area contributed by atoms with E-state index in [0.29, 0.717) is 12.8 Å². The Morgan fingerprint density at radius 1 is 0.623 bits per heavy atom. The molecule has 0 aromatic heterocycles. The van der Waals surface area contributed by atoms with Gasteiger partial charge in [-0.1, -0.05) is 45.9 Å². The van der Waals surface area contributed by atoms with Gasteiger partial charge in [0.15, 0.2) is 0 Å². The van der Waals surface area contributed by atoms with E-state index in [9.17, 15) is 29.4 Å². The van der Waals surface area contributed by atoms with Crippen LogP contribution >= 0.6 is 0 Å². The molecule has 4 aliphatic rings. The van der Waals surface area contributed by atoms with Gasteiger partial charge in [0.05, 0.1) is 27.9 Å². The lowest BCUT2D eigenvalue weighted by atomic mass is 9.72. The van der Waals surface area contributed by atoms with E-state index in [1.165, 1.54) is 19.2 Å². The number of hydrogen-bond donors (Lipinski definition) is 2. The van der Waals surface area contributed by atoms with Crippen LogP contribution in [-0.2, 0) is 21.7 Å². The summed E-state index contributed by atoms with van der Waals surface area (Å²) in [5.74, 6) is -3.18. The van der Waals surface area contributed by atoms with E-state index >= 15 is 13.2 Å². The number of anilines is 1. The molecule has 0 saturated carbocycles. The van der Waals surface area contributed by atoms with Gasteiger partial charge in [0.1, 0.15) is 16.9 Å². The van der Waals surface area contributed by atoms with Gasteiger partial charge in [0, 0.05) is 12.5 Å². The van der Waals surface area contributed by atoms with Crippen molar-refractivity contribution < 1.29 is 42.6 Å². The fourth-order valence-electron chi connectivity index (χ4n) is 9.59. The minimum absolute atomic E-state index is 0.00603. The summed E-state index contributed by atoms with van der Waals surface area (Å²) < 4.78 is 45.4. The Morgan fingerprint density at radius 2 is 1.08 bits per heavy atom. The number of carbonyl (C=O) groups excluding carboxylic acids is 4. The number of aromatic hydroxyl groups is 2. The van der Waals surface area contributed by atoms with Gasteiger partial charge in [0.2, 0.25) is 0 Å². The second-order valence-corrected chi connectivity index (χ2v) is 16.5. The highest BCUT2D eigenvalue weighted by Gasteiger charge is 2.58. The van der Waals surface area contributed by atoms with Crippen LogP contribution in [0, 0.1) is 6.92 Å². The summed E-state index contributed by atoms with van der Waals surface area (Å²) in [6, 6.07) is 13.8. The molecule has 2 aliphatic carbocycles. The highest BCUT2D eigenvalue weighted by atomic mass is 19.4. The number of aryl methyl sites for hydroxylation is 1. The van der Waals surface area contributed by atoms with E-state index in [0.717, 1.165) is 68.8 Å². The number of alkyl halides is 3. The van der Waals surface area contributed by atoms with Crippen molar-refractivity contribution in [2.24, 2.45) is 0 Å². The molecule has 4 amide bonds. The zero-order valence-corrected chi connectivity index (χ0v) is 30.2. The number of amides is 4. The molecule has 8 nitrogen and oxygen atoms in total. The summed E-state index contributed by atoms with van der Waals surface area (Å²) in [7, 11) is 1.25. The maximum Gasteiger partial charge on any atom is 0.402 e. The number of halogens is 3. The van der Waals surface area contributed by atoms with Gasteiger partial charge in [0.25, 0.3) is 23.6 Å². The number of imide groups is 2. The number of carbonyl (C=O) groups is 4. The summed E-state index contributed by atoms with van der Waals surface area (Å²) >= 11 is 0. The average molecular weight is 723 g/mol. The summed E-state index contributed by atoms with van der Waals surface area (Å²) in [5.41, 5.74) is -0.858. The maximum atomic E-state index is 15.1. The Kier molecular flexibility index (Phi) is 6.77. The fourth-order valence-corrected chi connectivity index (χ4v) is 9.59. The Hall–Kier alpha value is -5.45. The predicted molar refractivity (Wildman–Crippen MR) is 190 cm³/mol. The van der Waals surface area contributed by atoms with Crippen LogP contribution in [0.4, 0.5) is 18.9 Å². The van der Waals surface area contributed by atoms with E-state index in [2.05, 4.69) is 13.8 Å². The molecule has 2 atom stereocenters. The Morgan fingerprint density at radius 3 is 1.62 bits per heavy atom. The normalized spacial score (nSPS) is 22.0. The van der Waals surface area contributed by atoms with Crippen molar-refractivity contribution in [3.05, 3.63) is 122 Å². The smallest absolute Gasteiger partial charge is 0.402 e. The van der Waals surface area contributed by atoms with Crippen LogP contribution in [0.5, 0.6) is 11.5 Å². The largest absolute Gasteiger partial charge is 0.508 e. The van der Waals surface area contributed by atoms with E-state index in [4.69, 9.17) is 0 Å². The second kappa shape index (κ2) is 10.4. The number of fused-ring (bicyclic) bond motifs is 6. The van der Waals surface area contributed by atoms with Gasteiger partial charge in [-0.2, -0.15) is 13.2 Å². The summed E-state index contributed by atoms with van der Waals surface area (Å²) in [4.78, 5) is 54.8. The molecule has 0 radical (unpaired) electrons. The fraction of sp³-hybridized carbons (Fsp3) is 0.333. The van der Waals surface area contributed by atoms with Crippen molar-refractivity contribution in [1.82, 2.24) is 4.90 Å². The zero-order chi connectivity index (χ0) is 38.5. The SMILES string of the molecule is Cc1cc2c(cc1O)C1(CC2(C)C)CC(C)(C)c2cc(N3C(=O)c4ccc([C@](C)(c5ccc6c(c5)C(=O)N(C)C6=O)C(F)(F)F)cc4C3=O)c(O)cc21. The quantitative estimate of drug-likeness (QED) is 0.208. The van der Waals surface area contributed by atoms with Crippen LogP contribution in [-0.4, -0.2) is 52.0 Å². The molecule has 272 valence electrons. The van der Waals surface area contributed by atoms with Crippen LogP contribution in [0.3, 0.4) is 0 Å². The first-order valence-electron chi connectivity index (χ1n) is 17.3. The molecule has 1 spiro atoms. The Bertz CT molecular complexity index is 2410. The number of benzene rings is 4. The van der Waals surface area contributed by atoms with E-state index in [1.807, 2.05) is 32.9 Å². The van der Waals surface area contributed by atoms with Crippen molar-refractivity contribution in [2.75, 3.05) is 11.9 Å². The lowest BCUT2D eigenvalue weighted by molar-refractivity contribution is -0.173. The third-order valence-corrected chi connectivity index (χ3v) is 12.4. The third-order valence-electron chi connectivity index (χ3n) is 12.4. The van der Waals surface area contributed by atoms with Crippen molar-refractivity contribution in [3.8, 4) is 11.5 Å². The lowest BCUT2D eigenvalue weighted by Gasteiger charge is -2.33. The number of hydrogen-bond acceptors (Lipinski definition) is 6. The third kappa shape index (κ3) is 4.36. The van der Waals surface area contributed by atoms with Crippen LogP contribution in [0.25, 0.3) is 0 Å². The van der Waals surface area contributed by atoms with Gasteiger partial charge >= 0.3 is 6.18 Å². The van der Waals surface area contributed by atoms with Gasteiger partial charge in [-0.25, -0.2) is 4.90 Å². The predicted octanol–water partition coefficient (Wildman–Crippen LogP) is 7.95. The van der Waals surface area contributed by atoms with Gasteiger partial charge in [-0.3, -0.25) is 24.1 Å². The first-order chi connectivity index (χ1) is 24.5. The molecule has 0 bridgehead atoms. The maximum absolute atomic E-state index is 15.1. The average Bonchev–Trinajstić information content (AvgIpc) is 3.63. The van der Waals surface area contributed by atoms with Crippen LogP contribution in [0.15, 0.2) is 60.7 Å². The molecular weight excluding hydrogens is 685 g/mol. The van der Waals surface area contributed by atoms with E-state index < -0.39 is 46.0 Å². The lowest BCUT2D eigenvalue weighted by Crippen LogP contribution is -2.41. The molecule has 4 aromatic rings. The van der Waals surface area contributed by atoms with Crippen molar-refractivity contribution in [2.45, 2.75) is 82.2 Å². The van der Waals surface area contributed by atoms with Gasteiger partial charge in [-0.15, -0.1) is 0 Å². The van der Waals surface area contributed by atoms with E-state index in [-0.39, 0.29) is 56.0 Å². The number of phenols is 2. The highest BCUT2D eigenvalue weighted by Crippen LogP contribution is 2.64. The summed E-state index contributed by atoms with van der Waals surface area (Å²) in [5, 5.41) is 22.4. The molecule has 2 aliphatic heterocycles. The topological polar surface area (TPSA) is 115 Å². The highest BCUT2D eigenvalue weighted by molar-refractivity contribution is 6.35. The number of phenolic OH excluding ortho intramolecular Hbond substituents is 2. The molecule has 53 heavy (non-hydrogen) atoms. The van der Waals surface area contributed by atoms with Crippen molar-refractivity contribution in [1.29, 1.82) is 0 Å². The van der Waals surface area contributed by atoms with Crippen LogP contribution < -0.4 is 4.90 Å². The molecule has 4 aromatic carbocycles. The Labute approximate surface area is 303 Å². The monoisotopic (exact) mass is 722 g/mol. The molecule has 2 N–H and O–H groups in total. The molecule has 11 heteroatoms. The molecule has 1 unspecified atom stereocenters. The standard InChI is InChI=1S/C42H37F3N2O6/c1-20-12-27-29(16-32(20)48)41(18-38(27,2)3)19-39(4,5)28-15-31(33(49)17-30(28)41)47-36(52)24-11-9-22(14-26(24)37(47)53)40(6,42(43,44)45)21-8-10-23-25(13-21)35(51)46(7)34(23)50/h8-17,48-49H,18-19H2,1-7H3/t40-,41?/m0/s1. The number of nitrogens with zero attached hydrogens (tertiary/aromatic N) is 2. The molecule has 2 heterocycles. The van der Waals surface area contributed by atoms with Gasteiger partial charge < -0.3 is 10.2 Å². The van der Waals surface area contributed by atoms with Crippen molar-refractivity contribution in [3.63, 3.8) is 0 Å². The minimum Gasteiger partial charge on any atom is -0.508 e.